The molecule has 150 valence electrons. The van der Waals surface area contributed by atoms with Gasteiger partial charge >= 0.3 is 0 Å². The summed E-state index contributed by atoms with van der Waals surface area (Å²) in [6.07, 6.45) is 4.62. The molecule has 1 aromatic carbocycles. The lowest BCUT2D eigenvalue weighted by molar-refractivity contribution is -0.133. The third-order valence-electron chi connectivity index (χ3n) is 6.43. The molecule has 1 atom stereocenters. The fraction of sp³-hybridized carbons (Fsp3) is 0.455. The van der Waals surface area contributed by atoms with E-state index in [1.54, 1.807) is 0 Å². The zero-order valence-electron chi connectivity index (χ0n) is 16.6. The van der Waals surface area contributed by atoms with E-state index in [1.165, 1.54) is 0 Å². The van der Waals surface area contributed by atoms with E-state index in [0.717, 1.165) is 60.3 Å². The molecule has 1 spiro atoms. The molecule has 2 aromatic heterocycles. The number of aromatic nitrogens is 4. The van der Waals surface area contributed by atoms with Gasteiger partial charge in [-0.25, -0.2) is 9.97 Å². The number of rotatable bonds is 3. The van der Waals surface area contributed by atoms with Crippen LogP contribution in [0.5, 0.6) is 0 Å². The molecule has 29 heavy (non-hydrogen) atoms. The van der Waals surface area contributed by atoms with Gasteiger partial charge in [-0.1, -0.05) is 12.1 Å². The van der Waals surface area contributed by atoms with Crippen molar-refractivity contribution >= 4 is 16.9 Å². The predicted molar refractivity (Wildman–Crippen MR) is 110 cm³/mol. The quantitative estimate of drug-likeness (QED) is 0.717. The average molecular weight is 391 g/mol. The van der Waals surface area contributed by atoms with Crippen LogP contribution in [-0.2, 0) is 23.1 Å². The summed E-state index contributed by atoms with van der Waals surface area (Å²) in [6, 6.07) is 7.91. The maximum absolute atomic E-state index is 13.0. The number of nitrogens with zero attached hydrogens (tertiary/aromatic N) is 3. The number of piperidine rings is 1. The highest BCUT2D eigenvalue weighted by Crippen LogP contribution is 2.43. The molecule has 2 aliphatic rings. The van der Waals surface area contributed by atoms with Gasteiger partial charge in [0.25, 0.3) is 5.56 Å². The number of hydrogen-bond donors (Lipinski definition) is 2. The first kappa shape index (κ1) is 18.1. The number of aryl methyl sites for hydroxylation is 2. The lowest BCUT2D eigenvalue weighted by atomic mass is 9.77. The van der Waals surface area contributed by atoms with Crippen molar-refractivity contribution < 1.29 is 4.79 Å². The second kappa shape index (κ2) is 6.83. The minimum Gasteiger partial charge on any atom is -0.342 e. The van der Waals surface area contributed by atoms with Crippen LogP contribution in [0, 0.1) is 6.92 Å². The zero-order chi connectivity index (χ0) is 20.0. The minimum absolute atomic E-state index is 0.0160. The number of carbonyl (C=O) groups is 1. The van der Waals surface area contributed by atoms with E-state index < -0.39 is 0 Å². The van der Waals surface area contributed by atoms with Crippen LogP contribution in [0.25, 0.3) is 11.0 Å². The topological polar surface area (TPSA) is 94.7 Å². The highest BCUT2D eigenvalue weighted by molar-refractivity contribution is 5.77. The fourth-order valence-electron chi connectivity index (χ4n) is 5.01. The van der Waals surface area contributed by atoms with Crippen LogP contribution in [-0.4, -0.2) is 43.8 Å². The van der Waals surface area contributed by atoms with Gasteiger partial charge in [0, 0.05) is 36.9 Å². The first-order valence-electron chi connectivity index (χ1n) is 10.4. The lowest BCUT2D eigenvalue weighted by Crippen LogP contribution is -2.48. The highest BCUT2D eigenvalue weighted by Gasteiger charge is 2.45. The number of likely N-dealkylation sites (tertiary alicyclic amines) is 1. The number of para-hydroxylation sites is 2. The molecule has 1 aliphatic carbocycles. The average Bonchev–Trinajstić information content (AvgIpc) is 3.28. The molecule has 1 amide bonds. The number of amides is 1. The number of H-pyrrole nitrogens is 2. The van der Waals surface area contributed by atoms with Crippen LogP contribution in [0.1, 0.15) is 48.6 Å². The van der Waals surface area contributed by atoms with Gasteiger partial charge in [0.1, 0.15) is 11.6 Å². The van der Waals surface area contributed by atoms with Gasteiger partial charge in [-0.3, -0.25) is 9.59 Å². The molecule has 0 saturated carbocycles. The minimum atomic E-state index is -0.165. The van der Waals surface area contributed by atoms with Crippen molar-refractivity contribution in [3.63, 3.8) is 0 Å². The van der Waals surface area contributed by atoms with Crippen molar-refractivity contribution in [1.82, 2.24) is 24.8 Å². The van der Waals surface area contributed by atoms with Crippen LogP contribution in [0.3, 0.4) is 0 Å². The number of nitrogens with one attached hydrogen (secondary N) is 2. The van der Waals surface area contributed by atoms with E-state index in [0.29, 0.717) is 25.2 Å². The van der Waals surface area contributed by atoms with Crippen LogP contribution < -0.4 is 5.56 Å². The monoisotopic (exact) mass is 391 g/mol. The predicted octanol–water partition coefficient (Wildman–Crippen LogP) is 2.39. The first-order valence-corrected chi connectivity index (χ1v) is 10.4. The molecule has 5 rings (SSSR count). The molecule has 1 saturated heterocycles. The standard InChI is InChI=1S/C22H25N5O2/c1-14-23-20-15(21(29)24-14)9-11-22(20)10-4-12-27(13-22)19(28)8-7-18-25-16-5-2-3-6-17(16)26-18/h2-3,5-6H,4,7-13H2,1H3,(H,25,26)(H,23,24,29). The number of imidazole rings is 1. The molecule has 3 heterocycles. The van der Waals surface area contributed by atoms with Crippen molar-refractivity contribution in [2.75, 3.05) is 13.1 Å². The third kappa shape index (κ3) is 3.14. The van der Waals surface area contributed by atoms with Crippen LogP contribution >= 0.6 is 0 Å². The van der Waals surface area contributed by atoms with Gasteiger partial charge in [0.05, 0.1) is 16.7 Å². The molecule has 3 aromatic rings. The molecule has 1 fully saturated rings. The summed E-state index contributed by atoms with van der Waals surface area (Å²) in [6.45, 7) is 3.26. The maximum Gasteiger partial charge on any atom is 0.254 e. The van der Waals surface area contributed by atoms with Crippen LogP contribution in [0.2, 0.25) is 0 Å². The number of benzene rings is 1. The molecular weight excluding hydrogens is 366 g/mol. The van der Waals surface area contributed by atoms with Gasteiger partial charge in [-0.05, 0) is 44.7 Å². The Kier molecular flexibility index (Phi) is 4.26. The Hall–Kier alpha value is -2.96. The molecule has 1 unspecified atom stereocenters. The molecule has 2 N–H and O–H groups in total. The Balaban J connectivity index is 1.31. The number of hydrogen-bond acceptors (Lipinski definition) is 4. The van der Waals surface area contributed by atoms with Gasteiger partial charge in [0.2, 0.25) is 5.91 Å². The number of fused-ring (bicyclic) bond motifs is 3. The van der Waals surface area contributed by atoms with Gasteiger partial charge < -0.3 is 14.9 Å². The molecule has 0 bridgehead atoms. The van der Waals surface area contributed by atoms with Crippen molar-refractivity contribution in [2.24, 2.45) is 0 Å². The summed E-state index contributed by atoms with van der Waals surface area (Å²) >= 11 is 0. The summed E-state index contributed by atoms with van der Waals surface area (Å²) in [4.78, 5) is 42.6. The van der Waals surface area contributed by atoms with Gasteiger partial charge in [-0.15, -0.1) is 0 Å². The smallest absolute Gasteiger partial charge is 0.254 e. The normalized spacial score (nSPS) is 21.1. The summed E-state index contributed by atoms with van der Waals surface area (Å²) in [5.74, 6) is 1.66. The van der Waals surface area contributed by atoms with E-state index in [4.69, 9.17) is 4.98 Å². The van der Waals surface area contributed by atoms with Gasteiger partial charge in [-0.2, -0.15) is 0 Å². The first-order chi connectivity index (χ1) is 14.0. The molecule has 0 radical (unpaired) electrons. The van der Waals surface area contributed by atoms with Crippen molar-refractivity contribution in [1.29, 1.82) is 0 Å². The van der Waals surface area contributed by atoms with Gasteiger partial charge in [0.15, 0.2) is 0 Å². The third-order valence-corrected chi connectivity index (χ3v) is 6.43. The Morgan fingerprint density at radius 1 is 1.21 bits per heavy atom. The molecular formula is C22H25N5O2. The lowest BCUT2D eigenvalue weighted by Gasteiger charge is -2.40. The van der Waals surface area contributed by atoms with E-state index in [1.807, 2.05) is 36.1 Å². The Morgan fingerprint density at radius 3 is 2.93 bits per heavy atom. The van der Waals surface area contributed by atoms with Crippen LogP contribution in [0.4, 0.5) is 0 Å². The van der Waals surface area contributed by atoms with Crippen LogP contribution in [0.15, 0.2) is 29.1 Å². The largest absolute Gasteiger partial charge is 0.342 e. The second-order valence-corrected chi connectivity index (χ2v) is 8.38. The SMILES string of the molecule is Cc1nc2c(c(=O)[nH]1)CCC21CCCN(C(=O)CCc2nc3ccccc3[nH]2)C1. The zero-order valence-corrected chi connectivity index (χ0v) is 16.6. The van der Waals surface area contributed by atoms with E-state index in [-0.39, 0.29) is 16.9 Å². The molecule has 1 aliphatic heterocycles. The Labute approximate surface area is 168 Å². The Bertz CT molecular complexity index is 1110. The van der Waals surface area contributed by atoms with Crippen molar-refractivity contribution in [3.05, 3.63) is 57.5 Å². The van der Waals surface area contributed by atoms with E-state index >= 15 is 0 Å². The van der Waals surface area contributed by atoms with Crippen molar-refractivity contribution in [3.8, 4) is 0 Å². The summed E-state index contributed by atoms with van der Waals surface area (Å²) < 4.78 is 0. The Morgan fingerprint density at radius 2 is 2.07 bits per heavy atom. The van der Waals surface area contributed by atoms with Crippen molar-refractivity contribution in [2.45, 2.75) is 50.9 Å². The number of aromatic amines is 2. The maximum atomic E-state index is 13.0. The summed E-state index contributed by atoms with van der Waals surface area (Å²) in [5, 5.41) is 0. The summed E-state index contributed by atoms with van der Waals surface area (Å²) in [5.41, 5.74) is 3.49. The number of carbonyl (C=O) groups excluding carboxylic acids is 1. The molecule has 7 heteroatoms. The highest BCUT2D eigenvalue weighted by atomic mass is 16.2. The van der Waals surface area contributed by atoms with E-state index in [9.17, 15) is 9.59 Å². The van der Waals surface area contributed by atoms with E-state index in [2.05, 4.69) is 15.0 Å². The second-order valence-electron chi connectivity index (χ2n) is 8.38. The fourth-order valence-corrected chi connectivity index (χ4v) is 5.01. The molecule has 7 nitrogen and oxygen atoms in total. The summed E-state index contributed by atoms with van der Waals surface area (Å²) in [7, 11) is 0.